The average Bonchev–Trinajstić information content (AvgIpc) is 2.63. The van der Waals surface area contributed by atoms with Gasteiger partial charge in [-0.25, -0.2) is 0 Å². The van der Waals surface area contributed by atoms with Crippen molar-refractivity contribution in [2.75, 3.05) is 12.4 Å². The number of hydrogen-bond donors (Lipinski definition) is 1. The molecule has 23 heavy (non-hydrogen) atoms. The Labute approximate surface area is 137 Å². The molecule has 2 heteroatoms. The topological polar surface area (TPSA) is 21.3 Å². The molecule has 0 atom stereocenters. The van der Waals surface area contributed by atoms with E-state index in [4.69, 9.17) is 4.74 Å². The van der Waals surface area contributed by atoms with E-state index < -0.39 is 0 Å². The van der Waals surface area contributed by atoms with E-state index in [1.165, 1.54) is 11.1 Å². The molecule has 0 radical (unpaired) electrons. The standard InChI is InChI=1S/C21H19NO/c1-3-16-6-4-5-7-21(16)22-19-12-8-17(9-13-19)18-10-14-20(23-2)15-11-18/h3-15,22H,1H2,2H3. The van der Waals surface area contributed by atoms with Gasteiger partial charge in [-0.15, -0.1) is 0 Å². The summed E-state index contributed by atoms with van der Waals surface area (Å²) in [6.07, 6.45) is 1.86. The Morgan fingerprint density at radius 3 is 2.04 bits per heavy atom. The maximum absolute atomic E-state index is 5.19. The molecule has 0 amide bonds. The summed E-state index contributed by atoms with van der Waals surface area (Å²) in [4.78, 5) is 0. The van der Waals surface area contributed by atoms with Crippen molar-refractivity contribution >= 4 is 17.5 Å². The summed E-state index contributed by atoms with van der Waals surface area (Å²) in [5.74, 6) is 0.869. The van der Waals surface area contributed by atoms with Gasteiger partial charge in [-0.05, 0) is 47.0 Å². The zero-order valence-electron chi connectivity index (χ0n) is 13.1. The highest BCUT2D eigenvalue weighted by Gasteiger charge is 2.01. The number of ether oxygens (including phenoxy) is 1. The van der Waals surface area contributed by atoms with Gasteiger partial charge in [0.1, 0.15) is 5.75 Å². The van der Waals surface area contributed by atoms with E-state index in [2.05, 4.69) is 48.3 Å². The summed E-state index contributed by atoms with van der Waals surface area (Å²) in [5.41, 5.74) is 5.54. The van der Waals surface area contributed by atoms with Crippen molar-refractivity contribution in [2.24, 2.45) is 0 Å². The van der Waals surface area contributed by atoms with Crippen LogP contribution in [-0.2, 0) is 0 Å². The Hall–Kier alpha value is -3.00. The Morgan fingerprint density at radius 2 is 1.43 bits per heavy atom. The predicted molar refractivity (Wildman–Crippen MR) is 98.2 cm³/mol. The summed E-state index contributed by atoms with van der Waals surface area (Å²) in [7, 11) is 1.68. The number of rotatable bonds is 5. The number of benzene rings is 3. The highest BCUT2D eigenvalue weighted by molar-refractivity contribution is 5.73. The molecule has 0 saturated carbocycles. The molecule has 0 fully saturated rings. The predicted octanol–water partition coefficient (Wildman–Crippen LogP) is 5.75. The summed E-state index contributed by atoms with van der Waals surface area (Å²) >= 11 is 0. The number of hydrogen-bond acceptors (Lipinski definition) is 2. The lowest BCUT2D eigenvalue weighted by Gasteiger charge is -2.10. The van der Waals surface area contributed by atoms with E-state index in [0.29, 0.717) is 0 Å². The normalized spacial score (nSPS) is 10.1. The largest absolute Gasteiger partial charge is 0.497 e. The second-order valence-corrected chi connectivity index (χ2v) is 5.22. The Kier molecular flexibility index (Phi) is 4.44. The maximum Gasteiger partial charge on any atom is 0.118 e. The minimum absolute atomic E-state index is 0.869. The Bertz CT molecular complexity index is 789. The molecule has 3 aromatic carbocycles. The van der Waals surface area contributed by atoms with Gasteiger partial charge in [-0.2, -0.15) is 0 Å². The van der Waals surface area contributed by atoms with Gasteiger partial charge >= 0.3 is 0 Å². The van der Waals surface area contributed by atoms with Gasteiger partial charge in [-0.1, -0.05) is 55.1 Å². The molecular formula is C21H19NO. The number of anilines is 2. The lowest BCUT2D eigenvalue weighted by molar-refractivity contribution is 0.415. The molecule has 0 aromatic heterocycles. The van der Waals surface area contributed by atoms with Crippen molar-refractivity contribution in [3.63, 3.8) is 0 Å². The third-order valence-corrected chi connectivity index (χ3v) is 3.77. The van der Waals surface area contributed by atoms with Crippen LogP contribution in [0.3, 0.4) is 0 Å². The van der Waals surface area contributed by atoms with Crippen LogP contribution in [0, 0.1) is 0 Å². The smallest absolute Gasteiger partial charge is 0.118 e. The fourth-order valence-electron chi connectivity index (χ4n) is 2.47. The maximum atomic E-state index is 5.19. The molecule has 0 aliphatic carbocycles. The van der Waals surface area contributed by atoms with Crippen LogP contribution in [0.1, 0.15) is 5.56 Å². The van der Waals surface area contributed by atoms with Crippen molar-refractivity contribution < 1.29 is 4.74 Å². The molecule has 1 N–H and O–H groups in total. The van der Waals surface area contributed by atoms with Gasteiger partial charge in [0.15, 0.2) is 0 Å². The van der Waals surface area contributed by atoms with Crippen molar-refractivity contribution in [2.45, 2.75) is 0 Å². The van der Waals surface area contributed by atoms with E-state index in [-0.39, 0.29) is 0 Å². The fraction of sp³-hybridized carbons (Fsp3) is 0.0476. The third kappa shape index (κ3) is 3.43. The summed E-state index contributed by atoms with van der Waals surface area (Å²) < 4.78 is 5.19. The molecule has 0 saturated heterocycles. The Balaban J connectivity index is 1.80. The van der Waals surface area contributed by atoms with Crippen LogP contribution in [0.15, 0.2) is 79.4 Å². The first kappa shape index (κ1) is 14.9. The highest BCUT2D eigenvalue weighted by atomic mass is 16.5. The van der Waals surface area contributed by atoms with Crippen LogP contribution in [0.5, 0.6) is 5.75 Å². The van der Waals surface area contributed by atoms with E-state index >= 15 is 0 Å². The molecule has 114 valence electrons. The van der Waals surface area contributed by atoms with Gasteiger partial charge in [0.2, 0.25) is 0 Å². The molecular weight excluding hydrogens is 282 g/mol. The molecule has 3 aromatic rings. The first-order valence-electron chi connectivity index (χ1n) is 7.53. The molecule has 3 rings (SSSR count). The molecule has 0 aliphatic heterocycles. The first-order valence-corrected chi connectivity index (χ1v) is 7.53. The van der Waals surface area contributed by atoms with Gasteiger partial charge in [0.05, 0.1) is 7.11 Å². The van der Waals surface area contributed by atoms with Gasteiger partial charge < -0.3 is 10.1 Å². The zero-order chi connectivity index (χ0) is 16.1. The Morgan fingerprint density at radius 1 is 0.826 bits per heavy atom. The number of para-hydroxylation sites is 1. The van der Waals surface area contributed by atoms with Crippen molar-refractivity contribution in [3.05, 3.63) is 84.9 Å². The lowest BCUT2D eigenvalue weighted by Crippen LogP contribution is -1.92. The zero-order valence-corrected chi connectivity index (χ0v) is 13.1. The van der Waals surface area contributed by atoms with Crippen LogP contribution < -0.4 is 10.1 Å². The number of methoxy groups -OCH3 is 1. The quantitative estimate of drug-likeness (QED) is 0.648. The second kappa shape index (κ2) is 6.84. The van der Waals surface area contributed by atoms with Crippen LogP contribution in [0.2, 0.25) is 0 Å². The fourth-order valence-corrected chi connectivity index (χ4v) is 2.47. The van der Waals surface area contributed by atoms with Gasteiger partial charge in [-0.3, -0.25) is 0 Å². The van der Waals surface area contributed by atoms with E-state index in [1.807, 2.05) is 42.5 Å². The van der Waals surface area contributed by atoms with Crippen LogP contribution >= 0.6 is 0 Å². The van der Waals surface area contributed by atoms with E-state index in [1.54, 1.807) is 7.11 Å². The van der Waals surface area contributed by atoms with Crippen LogP contribution in [-0.4, -0.2) is 7.11 Å². The van der Waals surface area contributed by atoms with Gasteiger partial charge in [0.25, 0.3) is 0 Å². The summed E-state index contributed by atoms with van der Waals surface area (Å²) in [6, 6.07) is 24.6. The molecule has 0 spiro atoms. The monoisotopic (exact) mass is 301 g/mol. The van der Waals surface area contributed by atoms with Crippen LogP contribution in [0.4, 0.5) is 11.4 Å². The molecule has 0 heterocycles. The van der Waals surface area contributed by atoms with Crippen LogP contribution in [0.25, 0.3) is 17.2 Å². The highest BCUT2D eigenvalue weighted by Crippen LogP contribution is 2.26. The van der Waals surface area contributed by atoms with E-state index in [9.17, 15) is 0 Å². The minimum atomic E-state index is 0.869. The molecule has 0 aliphatic rings. The van der Waals surface area contributed by atoms with Crippen molar-refractivity contribution in [1.29, 1.82) is 0 Å². The van der Waals surface area contributed by atoms with Crippen molar-refractivity contribution in [3.8, 4) is 16.9 Å². The molecule has 0 unspecified atom stereocenters. The molecule has 2 nitrogen and oxygen atoms in total. The second-order valence-electron chi connectivity index (χ2n) is 5.22. The van der Waals surface area contributed by atoms with Gasteiger partial charge in [0, 0.05) is 11.4 Å². The number of nitrogens with one attached hydrogen (secondary N) is 1. The summed E-state index contributed by atoms with van der Waals surface area (Å²) in [5, 5.41) is 3.43. The van der Waals surface area contributed by atoms with E-state index in [0.717, 1.165) is 22.7 Å². The average molecular weight is 301 g/mol. The molecule has 0 bridgehead atoms. The minimum Gasteiger partial charge on any atom is -0.497 e. The lowest BCUT2D eigenvalue weighted by atomic mass is 10.1. The first-order chi connectivity index (χ1) is 11.3. The third-order valence-electron chi connectivity index (χ3n) is 3.77. The SMILES string of the molecule is C=Cc1ccccc1Nc1ccc(-c2ccc(OC)cc2)cc1. The summed E-state index contributed by atoms with van der Waals surface area (Å²) in [6.45, 7) is 3.85. The van der Waals surface area contributed by atoms with Crippen molar-refractivity contribution in [1.82, 2.24) is 0 Å².